The van der Waals surface area contributed by atoms with Gasteiger partial charge in [-0.1, -0.05) is 13.3 Å². The number of piperidine rings is 1. The fourth-order valence-electron chi connectivity index (χ4n) is 2.50. The molecule has 0 radical (unpaired) electrons. The summed E-state index contributed by atoms with van der Waals surface area (Å²) in [5.74, 6) is 3.29. The van der Waals surface area contributed by atoms with E-state index in [4.69, 9.17) is 5.73 Å². The minimum absolute atomic E-state index is 0.616. The van der Waals surface area contributed by atoms with Gasteiger partial charge in [0, 0.05) is 18.7 Å². The lowest BCUT2D eigenvalue weighted by molar-refractivity contribution is 0.393. The Bertz CT molecular complexity index is 395. The third-order valence-corrected chi connectivity index (χ3v) is 3.76. The van der Waals surface area contributed by atoms with E-state index in [1.165, 1.54) is 19.3 Å². The highest BCUT2D eigenvalue weighted by atomic mass is 15.2. The zero-order chi connectivity index (χ0) is 12.4. The molecule has 2 heterocycles. The SMILES string of the molecule is CCC1CCN(c2nc(C)nc(N)c2C)CC1. The minimum atomic E-state index is 0.616. The van der Waals surface area contributed by atoms with Crippen molar-refractivity contribution < 1.29 is 0 Å². The summed E-state index contributed by atoms with van der Waals surface area (Å²) in [7, 11) is 0. The van der Waals surface area contributed by atoms with Crippen LogP contribution >= 0.6 is 0 Å². The Hall–Kier alpha value is -1.32. The molecule has 2 rings (SSSR count). The van der Waals surface area contributed by atoms with Crippen LogP contribution in [0.15, 0.2) is 0 Å². The summed E-state index contributed by atoms with van der Waals surface area (Å²) in [6, 6.07) is 0. The van der Waals surface area contributed by atoms with Crippen LogP contribution in [0.1, 0.15) is 37.6 Å². The van der Waals surface area contributed by atoms with Gasteiger partial charge in [0.15, 0.2) is 0 Å². The molecule has 0 aliphatic carbocycles. The standard InChI is InChI=1S/C13H22N4/c1-4-11-5-7-17(8-6-11)13-9(2)12(14)15-10(3)16-13/h11H,4-8H2,1-3H3,(H2,14,15,16). The van der Waals surface area contributed by atoms with Gasteiger partial charge in [0.2, 0.25) is 0 Å². The van der Waals surface area contributed by atoms with E-state index in [2.05, 4.69) is 21.8 Å². The van der Waals surface area contributed by atoms with Gasteiger partial charge in [-0.05, 0) is 32.6 Å². The van der Waals surface area contributed by atoms with Gasteiger partial charge >= 0.3 is 0 Å². The second-order valence-corrected chi connectivity index (χ2v) is 4.94. The van der Waals surface area contributed by atoms with E-state index >= 15 is 0 Å². The first-order chi connectivity index (χ1) is 8.11. The predicted octanol–water partition coefficient (Wildman–Crippen LogP) is 2.30. The van der Waals surface area contributed by atoms with E-state index in [1.54, 1.807) is 0 Å². The van der Waals surface area contributed by atoms with Crippen LogP contribution in [-0.4, -0.2) is 23.1 Å². The highest BCUT2D eigenvalue weighted by Crippen LogP contribution is 2.27. The molecule has 0 amide bonds. The van der Waals surface area contributed by atoms with Crippen molar-refractivity contribution in [3.05, 3.63) is 11.4 Å². The van der Waals surface area contributed by atoms with Crippen molar-refractivity contribution in [3.8, 4) is 0 Å². The largest absolute Gasteiger partial charge is 0.383 e. The number of hydrogen-bond acceptors (Lipinski definition) is 4. The summed E-state index contributed by atoms with van der Waals surface area (Å²) in [5.41, 5.74) is 6.92. The number of anilines is 2. The molecule has 0 atom stereocenters. The summed E-state index contributed by atoms with van der Waals surface area (Å²) >= 11 is 0. The van der Waals surface area contributed by atoms with Crippen molar-refractivity contribution in [2.45, 2.75) is 40.0 Å². The normalized spacial score (nSPS) is 17.5. The van der Waals surface area contributed by atoms with Gasteiger partial charge in [0.1, 0.15) is 17.5 Å². The lowest BCUT2D eigenvalue weighted by Crippen LogP contribution is -2.35. The fourth-order valence-corrected chi connectivity index (χ4v) is 2.50. The maximum atomic E-state index is 5.90. The Balaban J connectivity index is 2.18. The van der Waals surface area contributed by atoms with Crippen LogP contribution < -0.4 is 10.6 Å². The summed E-state index contributed by atoms with van der Waals surface area (Å²) in [5, 5.41) is 0. The molecule has 0 saturated carbocycles. The Morgan fingerprint density at radius 1 is 1.24 bits per heavy atom. The van der Waals surface area contributed by atoms with Gasteiger partial charge in [-0.3, -0.25) is 0 Å². The molecule has 0 bridgehead atoms. The summed E-state index contributed by atoms with van der Waals surface area (Å²) in [6.07, 6.45) is 3.82. The zero-order valence-corrected chi connectivity index (χ0v) is 11.0. The van der Waals surface area contributed by atoms with Gasteiger partial charge in [0.25, 0.3) is 0 Å². The Labute approximate surface area is 103 Å². The molecule has 4 heteroatoms. The second kappa shape index (κ2) is 4.90. The van der Waals surface area contributed by atoms with Crippen LogP contribution in [0.5, 0.6) is 0 Å². The molecule has 2 N–H and O–H groups in total. The Morgan fingerprint density at radius 3 is 2.47 bits per heavy atom. The average Bonchev–Trinajstić information content (AvgIpc) is 2.34. The first-order valence-corrected chi connectivity index (χ1v) is 6.47. The molecule has 1 aliphatic heterocycles. The number of aromatic nitrogens is 2. The fraction of sp³-hybridized carbons (Fsp3) is 0.692. The molecule has 1 aromatic heterocycles. The number of aryl methyl sites for hydroxylation is 1. The highest BCUT2D eigenvalue weighted by molar-refractivity contribution is 5.56. The van der Waals surface area contributed by atoms with E-state index in [1.807, 2.05) is 13.8 Å². The van der Waals surface area contributed by atoms with Crippen LogP contribution in [0.4, 0.5) is 11.6 Å². The van der Waals surface area contributed by atoms with E-state index in [0.717, 1.165) is 36.2 Å². The van der Waals surface area contributed by atoms with Gasteiger partial charge in [0.05, 0.1) is 0 Å². The first-order valence-electron chi connectivity index (χ1n) is 6.47. The number of nitrogens with two attached hydrogens (primary N) is 1. The molecule has 1 aliphatic rings. The van der Waals surface area contributed by atoms with E-state index < -0.39 is 0 Å². The van der Waals surface area contributed by atoms with Gasteiger partial charge in [-0.25, -0.2) is 9.97 Å². The van der Waals surface area contributed by atoms with Crippen molar-refractivity contribution in [1.82, 2.24) is 9.97 Å². The van der Waals surface area contributed by atoms with Crippen molar-refractivity contribution in [2.24, 2.45) is 5.92 Å². The molecule has 1 saturated heterocycles. The van der Waals surface area contributed by atoms with Gasteiger partial charge < -0.3 is 10.6 Å². The van der Waals surface area contributed by atoms with Crippen LogP contribution in [0, 0.1) is 19.8 Å². The van der Waals surface area contributed by atoms with Gasteiger partial charge in [-0.2, -0.15) is 0 Å². The van der Waals surface area contributed by atoms with Crippen LogP contribution in [0.2, 0.25) is 0 Å². The van der Waals surface area contributed by atoms with E-state index in [0.29, 0.717) is 5.82 Å². The third-order valence-electron chi connectivity index (χ3n) is 3.76. The summed E-state index contributed by atoms with van der Waals surface area (Å²) in [4.78, 5) is 11.1. The second-order valence-electron chi connectivity index (χ2n) is 4.94. The van der Waals surface area contributed by atoms with Crippen LogP contribution in [0.25, 0.3) is 0 Å². The van der Waals surface area contributed by atoms with E-state index in [-0.39, 0.29) is 0 Å². The monoisotopic (exact) mass is 234 g/mol. The van der Waals surface area contributed by atoms with Crippen molar-refractivity contribution in [2.75, 3.05) is 23.7 Å². The third kappa shape index (κ3) is 2.51. The average molecular weight is 234 g/mol. The molecule has 1 aromatic rings. The minimum Gasteiger partial charge on any atom is -0.383 e. The lowest BCUT2D eigenvalue weighted by atomic mass is 9.94. The Kier molecular flexibility index (Phi) is 3.50. The maximum absolute atomic E-state index is 5.90. The first kappa shape index (κ1) is 12.1. The topological polar surface area (TPSA) is 55.0 Å². The molecule has 4 nitrogen and oxygen atoms in total. The summed E-state index contributed by atoms with van der Waals surface area (Å²) in [6.45, 7) is 8.37. The van der Waals surface area contributed by atoms with Gasteiger partial charge in [-0.15, -0.1) is 0 Å². The van der Waals surface area contributed by atoms with Crippen molar-refractivity contribution in [3.63, 3.8) is 0 Å². The zero-order valence-electron chi connectivity index (χ0n) is 11.0. The highest BCUT2D eigenvalue weighted by Gasteiger charge is 2.21. The van der Waals surface area contributed by atoms with Crippen molar-refractivity contribution >= 4 is 11.6 Å². The quantitative estimate of drug-likeness (QED) is 0.853. The van der Waals surface area contributed by atoms with E-state index in [9.17, 15) is 0 Å². The molecule has 1 fully saturated rings. The van der Waals surface area contributed by atoms with Crippen molar-refractivity contribution in [1.29, 1.82) is 0 Å². The molecule has 0 aromatic carbocycles. The summed E-state index contributed by atoms with van der Waals surface area (Å²) < 4.78 is 0. The maximum Gasteiger partial charge on any atom is 0.137 e. The number of rotatable bonds is 2. The predicted molar refractivity (Wildman–Crippen MR) is 71.1 cm³/mol. The number of nitrogens with zero attached hydrogens (tertiary/aromatic N) is 3. The van der Waals surface area contributed by atoms with Crippen LogP contribution in [-0.2, 0) is 0 Å². The smallest absolute Gasteiger partial charge is 0.137 e. The molecule has 94 valence electrons. The van der Waals surface area contributed by atoms with Crippen LogP contribution in [0.3, 0.4) is 0 Å². The lowest BCUT2D eigenvalue weighted by Gasteiger charge is -2.33. The Morgan fingerprint density at radius 2 is 1.88 bits per heavy atom. The molecular weight excluding hydrogens is 212 g/mol. The molecule has 0 unspecified atom stereocenters. The number of hydrogen-bond donors (Lipinski definition) is 1. The number of nitrogen functional groups attached to an aromatic ring is 1. The molecule has 0 spiro atoms. The molecule has 17 heavy (non-hydrogen) atoms. The molecular formula is C13H22N4.